The fourth-order valence-corrected chi connectivity index (χ4v) is 4.61. The average molecular weight is 514 g/mol. The zero-order chi connectivity index (χ0) is 21.8. The van der Waals surface area contributed by atoms with Gasteiger partial charge in [-0.25, -0.2) is 10.2 Å². The largest absolute Gasteiger partial charge is 0.422 e. The number of rotatable bonds is 5. The Hall–Kier alpha value is -3.00. The number of carbonyl (C=O) groups excluding carboxylic acids is 2. The van der Waals surface area contributed by atoms with E-state index in [1.165, 1.54) is 17.6 Å². The van der Waals surface area contributed by atoms with E-state index in [9.17, 15) is 9.59 Å². The zero-order valence-electron chi connectivity index (χ0n) is 15.8. The SMILES string of the molecule is O=C(NN=Cc1ccccc1OC(=O)c1sc2ccccc2c1Cl)c1cccc(Br)c1. The van der Waals surface area contributed by atoms with Crippen molar-refractivity contribution in [3.8, 4) is 5.75 Å². The third kappa shape index (κ3) is 4.85. The first-order chi connectivity index (χ1) is 15.0. The molecule has 8 heteroatoms. The highest BCUT2D eigenvalue weighted by Crippen LogP contribution is 2.36. The van der Waals surface area contributed by atoms with Crippen molar-refractivity contribution in [2.45, 2.75) is 0 Å². The minimum atomic E-state index is -0.551. The molecule has 0 radical (unpaired) electrons. The lowest BCUT2D eigenvalue weighted by atomic mass is 10.2. The van der Waals surface area contributed by atoms with Crippen LogP contribution in [0.4, 0.5) is 0 Å². The molecule has 5 nitrogen and oxygen atoms in total. The normalized spacial score (nSPS) is 11.0. The molecule has 1 amide bonds. The zero-order valence-corrected chi connectivity index (χ0v) is 19.0. The molecule has 4 aromatic rings. The van der Waals surface area contributed by atoms with Gasteiger partial charge in [0.1, 0.15) is 10.6 Å². The van der Waals surface area contributed by atoms with Crippen molar-refractivity contribution in [2.75, 3.05) is 0 Å². The summed E-state index contributed by atoms with van der Waals surface area (Å²) in [6, 6.07) is 21.4. The van der Waals surface area contributed by atoms with Crippen LogP contribution < -0.4 is 10.2 Å². The Morgan fingerprint density at radius 2 is 1.81 bits per heavy atom. The summed E-state index contributed by atoms with van der Waals surface area (Å²) in [4.78, 5) is 25.3. The number of para-hydroxylation sites is 1. The highest BCUT2D eigenvalue weighted by molar-refractivity contribution is 9.10. The van der Waals surface area contributed by atoms with E-state index in [0.29, 0.717) is 26.8 Å². The number of amides is 1. The molecule has 0 saturated carbocycles. The Balaban J connectivity index is 1.50. The van der Waals surface area contributed by atoms with Crippen molar-refractivity contribution in [2.24, 2.45) is 5.10 Å². The van der Waals surface area contributed by atoms with E-state index in [2.05, 4.69) is 26.5 Å². The number of hydrogen-bond donors (Lipinski definition) is 1. The molecule has 0 spiro atoms. The Morgan fingerprint density at radius 1 is 1.03 bits per heavy atom. The molecule has 0 bridgehead atoms. The molecule has 1 N–H and O–H groups in total. The lowest BCUT2D eigenvalue weighted by Gasteiger charge is -2.06. The van der Waals surface area contributed by atoms with Crippen molar-refractivity contribution in [3.05, 3.63) is 98.3 Å². The van der Waals surface area contributed by atoms with E-state index in [0.717, 1.165) is 14.6 Å². The van der Waals surface area contributed by atoms with E-state index in [4.69, 9.17) is 16.3 Å². The smallest absolute Gasteiger partial charge is 0.355 e. The summed E-state index contributed by atoms with van der Waals surface area (Å²) in [5.74, 6) is -0.601. The van der Waals surface area contributed by atoms with Gasteiger partial charge in [-0.05, 0) is 36.4 Å². The second-order valence-corrected chi connectivity index (χ2v) is 8.72. The fraction of sp³-hybridized carbons (Fsp3) is 0. The predicted octanol–water partition coefficient (Wildman–Crippen LogP) is 6.30. The van der Waals surface area contributed by atoms with Gasteiger partial charge in [-0.15, -0.1) is 11.3 Å². The number of halogens is 2. The van der Waals surface area contributed by atoms with Crippen LogP contribution in [0.1, 0.15) is 25.6 Å². The van der Waals surface area contributed by atoms with Crippen molar-refractivity contribution in [3.63, 3.8) is 0 Å². The Morgan fingerprint density at radius 3 is 2.61 bits per heavy atom. The van der Waals surface area contributed by atoms with Crippen molar-refractivity contribution in [1.29, 1.82) is 0 Å². The molecule has 0 atom stereocenters. The van der Waals surface area contributed by atoms with E-state index in [1.54, 1.807) is 42.5 Å². The topological polar surface area (TPSA) is 67.8 Å². The van der Waals surface area contributed by atoms with Crippen LogP contribution in [0.15, 0.2) is 82.4 Å². The van der Waals surface area contributed by atoms with Gasteiger partial charge in [0.2, 0.25) is 0 Å². The minimum absolute atomic E-state index is 0.307. The molecule has 0 saturated heterocycles. The summed E-state index contributed by atoms with van der Waals surface area (Å²) >= 11 is 11.0. The molecule has 0 aliphatic carbocycles. The van der Waals surface area contributed by atoms with Crippen LogP contribution in [0, 0.1) is 0 Å². The number of nitrogens with one attached hydrogen (secondary N) is 1. The molecule has 1 aromatic heterocycles. The maximum Gasteiger partial charge on any atom is 0.355 e. The average Bonchev–Trinajstić information content (AvgIpc) is 3.12. The maximum absolute atomic E-state index is 12.7. The molecular formula is C23H14BrClN2O3S. The van der Waals surface area contributed by atoms with Gasteiger partial charge in [-0.1, -0.05) is 63.9 Å². The van der Waals surface area contributed by atoms with Crippen LogP contribution in [-0.4, -0.2) is 18.1 Å². The fourth-order valence-electron chi connectivity index (χ4n) is 2.83. The standard InChI is InChI=1S/C23H14BrClN2O3S/c24-16-8-5-7-14(12-16)22(28)27-26-13-15-6-1-3-10-18(15)30-23(29)21-20(25)17-9-2-4-11-19(17)31-21/h1-13H,(H,27,28). The number of esters is 1. The minimum Gasteiger partial charge on any atom is -0.422 e. The van der Waals surface area contributed by atoms with Crippen LogP contribution >= 0.6 is 38.9 Å². The van der Waals surface area contributed by atoms with Crippen molar-refractivity contribution >= 4 is 67.0 Å². The quantitative estimate of drug-likeness (QED) is 0.147. The van der Waals surface area contributed by atoms with E-state index in [1.807, 2.05) is 30.3 Å². The third-order valence-electron chi connectivity index (χ3n) is 4.30. The summed E-state index contributed by atoms with van der Waals surface area (Å²) in [7, 11) is 0. The first-order valence-electron chi connectivity index (χ1n) is 9.10. The number of carbonyl (C=O) groups is 2. The summed E-state index contributed by atoms with van der Waals surface area (Å²) in [6.45, 7) is 0. The van der Waals surface area contributed by atoms with Gasteiger partial charge >= 0.3 is 5.97 Å². The lowest BCUT2D eigenvalue weighted by Crippen LogP contribution is -2.17. The van der Waals surface area contributed by atoms with Crippen LogP contribution in [-0.2, 0) is 0 Å². The molecule has 31 heavy (non-hydrogen) atoms. The first kappa shape index (κ1) is 21.2. The molecule has 0 aliphatic rings. The summed E-state index contributed by atoms with van der Waals surface area (Å²) < 4.78 is 7.28. The highest BCUT2D eigenvalue weighted by Gasteiger charge is 2.19. The second kappa shape index (κ2) is 9.43. The Bertz CT molecular complexity index is 1320. The van der Waals surface area contributed by atoms with Crippen LogP contribution in [0.3, 0.4) is 0 Å². The monoisotopic (exact) mass is 512 g/mol. The predicted molar refractivity (Wildman–Crippen MR) is 127 cm³/mol. The first-order valence-corrected chi connectivity index (χ1v) is 11.1. The van der Waals surface area contributed by atoms with Crippen molar-refractivity contribution in [1.82, 2.24) is 5.43 Å². The third-order valence-corrected chi connectivity index (χ3v) is 6.45. The number of fused-ring (bicyclic) bond motifs is 1. The van der Waals surface area contributed by atoms with E-state index in [-0.39, 0.29) is 5.91 Å². The number of nitrogens with zero attached hydrogens (tertiary/aromatic N) is 1. The van der Waals surface area contributed by atoms with Gasteiger partial charge in [0, 0.05) is 25.7 Å². The molecule has 0 unspecified atom stereocenters. The molecule has 0 aliphatic heterocycles. The Kier molecular flexibility index (Phi) is 6.46. The number of thiophene rings is 1. The van der Waals surface area contributed by atoms with Gasteiger partial charge in [-0.2, -0.15) is 5.10 Å². The molecular weight excluding hydrogens is 500 g/mol. The molecule has 3 aromatic carbocycles. The number of ether oxygens (including phenoxy) is 1. The molecule has 1 heterocycles. The summed E-state index contributed by atoms with van der Waals surface area (Å²) in [6.07, 6.45) is 1.42. The van der Waals surface area contributed by atoms with Gasteiger partial charge in [0.15, 0.2) is 0 Å². The van der Waals surface area contributed by atoms with Crippen LogP contribution in [0.5, 0.6) is 5.75 Å². The highest BCUT2D eigenvalue weighted by atomic mass is 79.9. The lowest BCUT2D eigenvalue weighted by molar-refractivity contribution is 0.0739. The summed E-state index contributed by atoms with van der Waals surface area (Å²) in [5, 5.41) is 5.17. The van der Waals surface area contributed by atoms with Crippen LogP contribution in [0.2, 0.25) is 5.02 Å². The van der Waals surface area contributed by atoms with Gasteiger partial charge < -0.3 is 4.74 Å². The number of hydrogen-bond acceptors (Lipinski definition) is 5. The van der Waals surface area contributed by atoms with Gasteiger partial charge in [-0.3, -0.25) is 4.79 Å². The van der Waals surface area contributed by atoms with E-state index >= 15 is 0 Å². The molecule has 0 fully saturated rings. The van der Waals surface area contributed by atoms with Gasteiger partial charge in [0.25, 0.3) is 5.91 Å². The van der Waals surface area contributed by atoms with Gasteiger partial charge in [0.05, 0.1) is 11.2 Å². The maximum atomic E-state index is 12.7. The number of hydrazone groups is 1. The second-order valence-electron chi connectivity index (χ2n) is 6.38. The van der Waals surface area contributed by atoms with Crippen molar-refractivity contribution < 1.29 is 14.3 Å². The van der Waals surface area contributed by atoms with E-state index < -0.39 is 5.97 Å². The summed E-state index contributed by atoms with van der Waals surface area (Å²) in [5.41, 5.74) is 3.46. The Labute approximate surface area is 195 Å². The molecule has 4 rings (SSSR count). The number of benzene rings is 3. The molecule has 154 valence electrons. The van der Waals surface area contributed by atoms with Crippen LogP contribution in [0.25, 0.3) is 10.1 Å².